The first-order valence-corrected chi connectivity index (χ1v) is 12.9. The Morgan fingerprint density at radius 2 is 2.00 bits per heavy atom. The molecule has 0 bridgehead atoms. The lowest BCUT2D eigenvalue weighted by molar-refractivity contribution is -0.139. The van der Waals surface area contributed by atoms with Gasteiger partial charge in [0.1, 0.15) is 12.4 Å². The van der Waals surface area contributed by atoms with Crippen molar-refractivity contribution in [2.45, 2.75) is 63.3 Å². The second-order valence-electron chi connectivity index (χ2n) is 10.7. The number of nitrogens with one attached hydrogen (secondary N) is 1. The summed E-state index contributed by atoms with van der Waals surface area (Å²) in [6.07, 6.45) is 6.38. The molecule has 5 rings (SSSR count). The number of carbonyl (C=O) groups excluding carboxylic acids is 2. The molecule has 2 aliphatic rings. The van der Waals surface area contributed by atoms with E-state index in [0.29, 0.717) is 28.4 Å². The van der Waals surface area contributed by atoms with E-state index in [2.05, 4.69) is 34.4 Å². The minimum Gasteiger partial charge on any atom is -0.490 e. The minimum atomic E-state index is -3.44. The monoisotopic (exact) mass is 542 g/mol. The van der Waals surface area contributed by atoms with E-state index >= 15 is 0 Å². The van der Waals surface area contributed by atoms with E-state index in [1.165, 1.54) is 0 Å². The fourth-order valence-corrected chi connectivity index (χ4v) is 5.03. The number of hydrogen-bond donors (Lipinski definition) is 2. The highest BCUT2D eigenvalue weighted by atomic mass is 19.3. The first-order valence-electron chi connectivity index (χ1n) is 12.9. The molecule has 1 saturated carbocycles. The van der Waals surface area contributed by atoms with Gasteiger partial charge in [0.2, 0.25) is 5.88 Å². The van der Waals surface area contributed by atoms with Crippen molar-refractivity contribution in [2.75, 3.05) is 20.7 Å². The number of pyridine rings is 1. The van der Waals surface area contributed by atoms with Gasteiger partial charge < -0.3 is 25.4 Å². The Morgan fingerprint density at radius 1 is 1.26 bits per heavy atom. The Balaban J connectivity index is 1.52. The van der Waals surface area contributed by atoms with Crippen LogP contribution in [0, 0.1) is 0 Å². The zero-order chi connectivity index (χ0) is 28.1. The molecule has 39 heavy (non-hydrogen) atoms. The number of aromatic nitrogens is 3. The van der Waals surface area contributed by atoms with Crippen LogP contribution in [0.2, 0.25) is 0 Å². The van der Waals surface area contributed by atoms with Crippen LogP contribution in [0.15, 0.2) is 30.7 Å². The Kier molecular flexibility index (Phi) is 6.91. The van der Waals surface area contributed by atoms with Gasteiger partial charge in [0, 0.05) is 41.4 Å². The number of fused-ring (bicyclic) bond motifs is 1. The van der Waals surface area contributed by atoms with Crippen LogP contribution in [-0.2, 0) is 4.79 Å². The molecule has 2 amide bonds. The molecule has 3 aromatic rings. The van der Waals surface area contributed by atoms with Gasteiger partial charge in [-0.05, 0) is 58.3 Å². The van der Waals surface area contributed by atoms with Gasteiger partial charge in [0.05, 0.1) is 29.9 Å². The Hall–Kier alpha value is -3.80. The predicted octanol–water partition coefficient (Wildman–Crippen LogP) is 3.15. The number of amides is 2. The number of nitrogens with two attached hydrogens (primary N) is 1. The summed E-state index contributed by atoms with van der Waals surface area (Å²) in [5, 5.41) is 7.95. The second-order valence-corrected chi connectivity index (χ2v) is 10.7. The highest BCUT2D eigenvalue weighted by Gasteiger charge is 2.48. The van der Waals surface area contributed by atoms with E-state index in [1.807, 2.05) is 24.7 Å². The van der Waals surface area contributed by atoms with Gasteiger partial charge in [-0.15, -0.1) is 0 Å². The summed E-state index contributed by atoms with van der Waals surface area (Å²) >= 11 is 0. The number of primary amides is 1. The molecule has 1 aromatic carbocycles. The third kappa shape index (κ3) is 5.25. The quantitative estimate of drug-likeness (QED) is 0.426. The lowest BCUT2D eigenvalue weighted by Crippen LogP contribution is -2.41. The maximum Gasteiger partial charge on any atom is 0.326 e. The first kappa shape index (κ1) is 26.8. The standard InChI is InChI=1S/C27H32F2N6O4/c1-14(2)39-23-8-20-19(7-21(23)24(30)36)22(15-10-32-35(12-15)18-5-17(6-18)34(3)4)11-31-25(20)38-13-16-9-27(28,29)26(37)33-16/h7-8,10-12,14,16-18H,5-6,9,13H2,1-4H3,(H2,30,36)(H,33,37)/t16-,17?,18?/m0/s1. The fraction of sp³-hybridized carbons (Fsp3) is 0.481. The summed E-state index contributed by atoms with van der Waals surface area (Å²) in [7, 11) is 4.13. The lowest BCUT2D eigenvalue weighted by atomic mass is 9.86. The van der Waals surface area contributed by atoms with Crippen LogP contribution in [-0.4, -0.2) is 76.3 Å². The summed E-state index contributed by atoms with van der Waals surface area (Å²) in [6.45, 7) is 3.44. The van der Waals surface area contributed by atoms with Crippen molar-refractivity contribution in [1.82, 2.24) is 25.0 Å². The number of alkyl halides is 2. The largest absolute Gasteiger partial charge is 0.490 e. The summed E-state index contributed by atoms with van der Waals surface area (Å²) < 4.78 is 41.0. The van der Waals surface area contributed by atoms with Crippen molar-refractivity contribution >= 4 is 22.6 Å². The number of carbonyl (C=O) groups is 2. The van der Waals surface area contributed by atoms with Crippen LogP contribution in [0.5, 0.6) is 11.6 Å². The summed E-state index contributed by atoms with van der Waals surface area (Å²) in [5.41, 5.74) is 7.38. The van der Waals surface area contributed by atoms with Crippen LogP contribution in [0.4, 0.5) is 8.78 Å². The molecule has 0 unspecified atom stereocenters. The van der Waals surface area contributed by atoms with Crippen molar-refractivity contribution in [1.29, 1.82) is 0 Å². The zero-order valence-electron chi connectivity index (χ0n) is 22.3. The van der Waals surface area contributed by atoms with Gasteiger partial charge in [0.25, 0.3) is 11.8 Å². The molecule has 3 N–H and O–H groups in total. The molecule has 0 spiro atoms. The molecular formula is C27H32F2N6O4. The smallest absolute Gasteiger partial charge is 0.326 e. The summed E-state index contributed by atoms with van der Waals surface area (Å²) in [4.78, 5) is 30.6. The SMILES string of the molecule is CC(C)Oc1cc2c(OC[C@@H]3CC(F)(F)C(=O)N3)ncc(-c3cnn(C4CC(N(C)C)C4)c3)c2cc1C(N)=O. The van der Waals surface area contributed by atoms with Gasteiger partial charge in [-0.2, -0.15) is 13.9 Å². The maximum absolute atomic E-state index is 13.7. The third-order valence-electron chi connectivity index (χ3n) is 7.28. The van der Waals surface area contributed by atoms with Crippen LogP contribution in [0.1, 0.15) is 49.5 Å². The van der Waals surface area contributed by atoms with Crippen molar-refractivity contribution in [3.63, 3.8) is 0 Å². The number of halogens is 2. The van der Waals surface area contributed by atoms with Crippen molar-refractivity contribution in [3.8, 4) is 22.8 Å². The molecular weight excluding hydrogens is 510 g/mol. The van der Waals surface area contributed by atoms with E-state index in [-0.39, 0.29) is 29.9 Å². The highest BCUT2D eigenvalue weighted by Crippen LogP contribution is 2.39. The molecule has 3 heterocycles. The van der Waals surface area contributed by atoms with Gasteiger partial charge in [0.15, 0.2) is 0 Å². The maximum atomic E-state index is 13.7. The number of hydrogen-bond acceptors (Lipinski definition) is 7. The fourth-order valence-electron chi connectivity index (χ4n) is 5.03. The van der Waals surface area contributed by atoms with Crippen LogP contribution in [0.25, 0.3) is 21.9 Å². The number of nitrogens with zero attached hydrogens (tertiary/aromatic N) is 4. The topological polar surface area (TPSA) is 125 Å². The van der Waals surface area contributed by atoms with Crippen molar-refractivity contribution in [3.05, 3.63) is 36.3 Å². The average Bonchev–Trinajstić information content (AvgIpc) is 3.39. The van der Waals surface area contributed by atoms with Crippen molar-refractivity contribution < 1.29 is 27.8 Å². The molecule has 1 saturated heterocycles. The molecule has 1 aliphatic heterocycles. The Morgan fingerprint density at radius 3 is 2.62 bits per heavy atom. The molecule has 208 valence electrons. The van der Waals surface area contributed by atoms with Gasteiger partial charge >= 0.3 is 5.92 Å². The van der Waals surface area contributed by atoms with E-state index in [9.17, 15) is 18.4 Å². The predicted molar refractivity (Wildman–Crippen MR) is 140 cm³/mol. The average molecular weight is 543 g/mol. The van der Waals surface area contributed by atoms with Crippen LogP contribution < -0.4 is 20.5 Å². The third-order valence-corrected chi connectivity index (χ3v) is 7.28. The number of benzene rings is 1. The molecule has 2 aromatic heterocycles. The van der Waals surface area contributed by atoms with Crippen LogP contribution >= 0.6 is 0 Å². The Bertz CT molecular complexity index is 1420. The van der Waals surface area contributed by atoms with Crippen LogP contribution in [0.3, 0.4) is 0 Å². The molecule has 0 radical (unpaired) electrons. The van der Waals surface area contributed by atoms with Gasteiger partial charge in [-0.3, -0.25) is 14.3 Å². The summed E-state index contributed by atoms with van der Waals surface area (Å²) in [5.74, 6) is -5.00. The molecule has 10 nitrogen and oxygen atoms in total. The number of ether oxygens (including phenoxy) is 2. The normalized spacial score (nSPS) is 22.3. The molecule has 2 fully saturated rings. The van der Waals surface area contributed by atoms with Gasteiger partial charge in [-0.25, -0.2) is 4.98 Å². The van der Waals surface area contributed by atoms with Crippen molar-refractivity contribution in [2.24, 2.45) is 5.73 Å². The van der Waals surface area contributed by atoms with E-state index in [1.54, 1.807) is 24.5 Å². The first-order chi connectivity index (χ1) is 18.4. The van der Waals surface area contributed by atoms with Gasteiger partial charge in [-0.1, -0.05) is 0 Å². The Labute approximate surface area is 224 Å². The molecule has 12 heteroatoms. The zero-order valence-corrected chi connectivity index (χ0v) is 22.3. The number of rotatable bonds is 9. The molecule has 1 aliphatic carbocycles. The summed E-state index contributed by atoms with van der Waals surface area (Å²) in [6, 6.07) is 3.20. The van der Waals surface area contributed by atoms with E-state index in [4.69, 9.17) is 15.2 Å². The highest BCUT2D eigenvalue weighted by molar-refractivity contribution is 6.06. The second kappa shape index (κ2) is 10.1. The van der Waals surface area contributed by atoms with E-state index < -0.39 is 30.2 Å². The lowest BCUT2D eigenvalue weighted by Gasteiger charge is -2.39. The molecule has 1 atom stereocenters. The van der Waals surface area contributed by atoms with E-state index in [0.717, 1.165) is 18.4 Å². The minimum absolute atomic E-state index is 0.156.